The van der Waals surface area contributed by atoms with Gasteiger partial charge in [0.25, 0.3) is 0 Å². The van der Waals surface area contributed by atoms with Gasteiger partial charge in [-0.1, -0.05) is 0 Å². The van der Waals surface area contributed by atoms with Gasteiger partial charge in [-0.05, 0) is 13.3 Å². The molecule has 0 fully saturated rings. The van der Waals surface area contributed by atoms with E-state index in [1.54, 1.807) is 0 Å². The Kier molecular flexibility index (Phi) is 2.61. The van der Waals surface area contributed by atoms with Crippen LogP contribution in [0.4, 0.5) is 0 Å². The van der Waals surface area contributed by atoms with Crippen molar-refractivity contribution in [2.24, 2.45) is 5.73 Å². The summed E-state index contributed by atoms with van der Waals surface area (Å²) in [6.45, 7) is 1.37. The molecule has 54 valence electrons. The molecule has 0 spiro atoms. The minimum absolute atomic E-state index is 0.0856. The van der Waals surface area contributed by atoms with Crippen LogP contribution in [0.25, 0.3) is 0 Å². The average molecular weight is 133 g/mol. The molecule has 4 N–H and O–H groups in total. The SMILES string of the molecule is CC(N)(O)CCC(=O)O. The second-order valence-electron chi connectivity index (χ2n) is 2.25. The van der Waals surface area contributed by atoms with Crippen molar-refractivity contribution in [3.05, 3.63) is 0 Å². The fourth-order valence-corrected chi connectivity index (χ4v) is 0.360. The molecule has 0 bridgehead atoms. The van der Waals surface area contributed by atoms with Crippen molar-refractivity contribution < 1.29 is 15.0 Å². The zero-order valence-corrected chi connectivity index (χ0v) is 5.29. The van der Waals surface area contributed by atoms with E-state index in [-0.39, 0.29) is 12.8 Å². The highest BCUT2D eigenvalue weighted by Crippen LogP contribution is 2.02. The van der Waals surface area contributed by atoms with Crippen LogP contribution >= 0.6 is 0 Å². The molecule has 0 aromatic carbocycles. The largest absolute Gasteiger partial charge is 0.481 e. The second-order valence-corrected chi connectivity index (χ2v) is 2.25. The standard InChI is InChI=1S/C5H11NO3/c1-5(6,9)3-2-4(7)8/h9H,2-3,6H2,1H3,(H,7,8). The first kappa shape index (κ1) is 8.39. The maximum atomic E-state index is 9.88. The Balaban J connectivity index is 3.39. The van der Waals surface area contributed by atoms with Crippen molar-refractivity contribution in [2.45, 2.75) is 25.5 Å². The maximum Gasteiger partial charge on any atom is 0.303 e. The summed E-state index contributed by atoms with van der Waals surface area (Å²) in [5.41, 5.74) is 3.73. The monoisotopic (exact) mass is 133 g/mol. The van der Waals surface area contributed by atoms with E-state index in [2.05, 4.69) is 0 Å². The molecule has 0 aliphatic heterocycles. The van der Waals surface area contributed by atoms with Gasteiger partial charge in [0, 0.05) is 6.42 Å². The zero-order chi connectivity index (χ0) is 7.49. The van der Waals surface area contributed by atoms with Gasteiger partial charge in [-0.3, -0.25) is 4.79 Å². The van der Waals surface area contributed by atoms with Gasteiger partial charge in [-0.2, -0.15) is 0 Å². The molecule has 0 aromatic heterocycles. The number of carbonyl (C=O) groups is 1. The van der Waals surface area contributed by atoms with Crippen LogP contribution in [0.2, 0.25) is 0 Å². The van der Waals surface area contributed by atoms with Crippen LogP contribution in [0.5, 0.6) is 0 Å². The summed E-state index contributed by atoms with van der Waals surface area (Å²) < 4.78 is 0. The van der Waals surface area contributed by atoms with Crippen molar-refractivity contribution in [1.82, 2.24) is 0 Å². The van der Waals surface area contributed by atoms with Crippen LogP contribution in [0.3, 0.4) is 0 Å². The number of hydrogen-bond donors (Lipinski definition) is 3. The summed E-state index contributed by atoms with van der Waals surface area (Å²) in [6.07, 6.45) is -0.00810. The lowest BCUT2D eigenvalue weighted by molar-refractivity contribution is -0.138. The van der Waals surface area contributed by atoms with Crippen molar-refractivity contribution >= 4 is 5.97 Å². The fourth-order valence-electron chi connectivity index (χ4n) is 0.360. The average Bonchev–Trinajstić information content (AvgIpc) is 1.59. The van der Waals surface area contributed by atoms with Crippen LogP contribution in [-0.4, -0.2) is 21.9 Å². The fraction of sp³-hybridized carbons (Fsp3) is 0.800. The van der Waals surface area contributed by atoms with E-state index in [0.29, 0.717) is 0 Å². The van der Waals surface area contributed by atoms with E-state index >= 15 is 0 Å². The number of hydrogen-bond acceptors (Lipinski definition) is 3. The lowest BCUT2D eigenvalue weighted by Crippen LogP contribution is -2.35. The van der Waals surface area contributed by atoms with Crippen LogP contribution < -0.4 is 5.73 Å². The molecule has 0 saturated heterocycles. The number of aliphatic carboxylic acids is 1. The van der Waals surface area contributed by atoms with Gasteiger partial charge in [-0.15, -0.1) is 0 Å². The van der Waals surface area contributed by atoms with Crippen molar-refractivity contribution in [1.29, 1.82) is 0 Å². The van der Waals surface area contributed by atoms with Gasteiger partial charge in [0.2, 0.25) is 0 Å². The highest BCUT2D eigenvalue weighted by atomic mass is 16.4. The maximum absolute atomic E-state index is 9.88. The Bertz CT molecular complexity index is 105. The summed E-state index contributed by atoms with van der Waals surface area (Å²) in [5, 5.41) is 16.9. The summed E-state index contributed by atoms with van der Waals surface area (Å²) in [4.78, 5) is 9.88. The van der Waals surface area contributed by atoms with Crippen molar-refractivity contribution in [3.63, 3.8) is 0 Å². The number of nitrogens with two attached hydrogens (primary N) is 1. The first-order valence-electron chi connectivity index (χ1n) is 2.65. The van der Waals surface area contributed by atoms with Crippen molar-refractivity contribution in [2.75, 3.05) is 0 Å². The van der Waals surface area contributed by atoms with Crippen LogP contribution in [-0.2, 0) is 4.79 Å². The van der Waals surface area contributed by atoms with E-state index in [1.165, 1.54) is 6.92 Å². The molecule has 0 aliphatic carbocycles. The van der Waals surface area contributed by atoms with E-state index in [9.17, 15) is 4.79 Å². The quantitative estimate of drug-likeness (QED) is 0.454. The minimum atomic E-state index is -1.35. The molecule has 4 nitrogen and oxygen atoms in total. The normalized spacial score (nSPS) is 16.8. The summed E-state index contributed by atoms with van der Waals surface area (Å²) in [7, 11) is 0. The summed E-state index contributed by atoms with van der Waals surface area (Å²) in [5.74, 6) is -0.944. The lowest BCUT2D eigenvalue weighted by Gasteiger charge is -2.14. The summed E-state index contributed by atoms with van der Waals surface area (Å²) >= 11 is 0. The second kappa shape index (κ2) is 2.80. The summed E-state index contributed by atoms with van der Waals surface area (Å²) in [6, 6.07) is 0. The van der Waals surface area contributed by atoms with Gasteiger partial charge >= 0.3 is 5.97 Å². The van der Waals surface area contributed by atoms with Gasteiger partial charge in [-0.25, -0.2) is 0 Å². The molecule has 4 heteroatoms. The number of aliphatic hydroxyl groups is 1. The van der Waals surface area contributed by atoms with E-state index < -0.39 is 11.7 Å². The van der Waals surface area contributed by atoms with Crippen molar-refractivity contribution in [3.8, 4) is 0 Å². The molecule has 1 atom stereocenters. The zero-order valence-electron chi connectivity index (χ0n) is 5.29. The van der Waals surface area contributed by atoms with E-state index in [0.717, 1.165) is 0 Å². The Morgan fingerprint density at radius 2 is 2.22 bits per heavy atom. The Labute approximate surface area is 53.3 Å². The smallest absolute Gasteiger partial charge is 0.303 e. The predicted octanol–water partition coefficient (Wildman–Crippen LogP) is -0.482. The van der Waals surface area contributed by atoms with E-state index in [1.807, 2.05) is 0 Å². The Hall–Kier alpha value is -0.610. The van der Waals surface area contributed by atoms with E-state index in [4.69, 9.17) is 15.9 Å². The third-order valence-electron chi connectivity index (χ3n) is 0.845. The molecule has 9 heavy (non-hydrogen) atoms. The number of carboxylic acid groups (broad SMARTS) is 1. The topological polar surface area (TPSA) is 83.5 Å². The number of carboxylic acids is 1. The molecule has 0 saturated carbocycles. The molecule has 0 aliphatic rings. The Morgan fingerprint density at radius 3 is 2.33 bits per heavy atom. The third kappa shape index (κ3) is 7.39. The third-order valence-corrected chi connectivity index (χ3v) is 0.845. The van der Waals surface area contributed by atoms with Gasteiger partial charge in [0.05, 0.1) is 0 Å². The molecule has 0 amide bonds. The van der Waals surface area contributed by atoms with Crippen LogP contribution in [0.1, 0.15) is 19.8 Å². The molecule has 0 radical (unpaired) electrons. The first-order chi connectivity index (χ1) is 3.92. The Morgan fingerprint density at radius 1 is 1.78 bits per heavy atom. The first-order valence-corrected chi connectivity index (χ1v) is 2.65. The van der Waals surface area contributed by atoms with Gasteiger partial charge in [0.1, 0.15) is 5.72 Å². The van der Waals surface area contributed by atoms with Crippen LogP contribution in [0, 0.1) is 0 Å². The molecule has 0 heterocycles. The lowest BCUT2D eigenvalue weighted by atomic mass is 10.1. The number of rotatable bonds is 3. The van der Waals surface area contributed by atoms with Crippen LogP contribution in [0.15, 0.2) is 0 Å². The highest BCUT2D eigenvalue weighted by Gasteiger charge is 2.13. The predicted molar refractivity (Wildman–Crippen MR) is 31.7 cm³/mol. The molecule has 0 rings (SSSR count). The highest BCUT2D eigenvalue weighted by molar-refractivity contribution is 5.66. The molecule has 0 aromatic rings. The van der Waals surface area contributed by atoms with Gasteiger partial charge in [0.15, 0.2) is 0 Å². The van der Waals surface area contributed by atoms with Gasteiger partial charge < -0.3 is 15.9 Å². The minimum Gasteiger partial charge on any atom is -0.481 e. The molecule has 1 unspecified atom stereocenters. The molecular weight excluding hydrogens is 122 g/mol. The molecular formula is C5H11NO3.